The lowest BCUT2D eigenvalue weighted by atomic mass is 10.0. The summed E-state index contributed by atoms with van der Waals surface area (Å²) in [6.07, 6.45) is 3.57. The van der Waals surface area contributed by atoms with Gasteiger partial charge in [0, 0.05) is 18.8 Å². The molecule has 2 rings (SSSR count). The average Bonchev–Trinajstić information content (AvgIpc) is 2.70. The van der Waals surface area contributed by atoms with Crippen molar-refractivity contribution in [2.24, 2.45) is 7.05 Å². The van der Waals surface area contributed by atoms with Crippen molar-refractivity contribution in [3.63, 3.8) is 0 Å². The number of rotatable bonds is 4. The first-order valence-corrected chi connectivity index (χ1v) is 6.08. The Hall–Kier alpha value is -2.17. The molecule has 100 valence electrons. The highest BCUT2D eigenvalue weighted by Crippen LogP contribution is 2.25. The maximum Gasteiger partial charge on any atom is 0.338 e. The van der Waals surface area contributed by atoms with Crippen LogP contribution in [-0.4, -0.2) is 20.9 Å². The molecule has 0 atom stereocenters. The highest BCUT2D eigenvalue weighted by atomic mass is 19.1. The van der Waals surface area contributed by atoms with Gasteiger partial charge in [0.05, 0.1) is 11.3 Å². The van der Waals surface area contributed by atoms with Crippen molar-refractivity contribution in [1.82, 2.24) is 9.78 Å². The normalized spacial score (nSPS) is 10.7. The van der Waals surface area contributed by atoms with E-state index in [1.165, 1.54) is 12.1 Å². The molecule has 1 N–H and O–H groups in total. The minimum absolute atomic E-state index is 0.315. The van der Waals surface area contributed by atoms with Gasteiger partial charge in [-0.2, -0.15) is 5.10 Å². The van der Waals surface area contributed by atoms with E-state index in [0.29, 0.717) is 5.56 Å². The lowest BCUT2D eigenvalue weighted by molar-refractivity contribution is 0.0692. The zero-order chi connectivity index (χ0) is 14.0. The third-order valence-corrected chi connectivity index (χ3v) is 2.90. The number of halogens is 1. The van der Waals surface area contributed by atoms with Gasteiger partial charge in [-0.3, -0.25) is 4.68 Å². The Balaban J connectivity index is 2.47. The summed E-state index contributed by atoms with van der Waals surface area (Å²) in [4.78, 5) is 10.8. The van der Waals surface area contributed by atoms with Crippen LogP contribution < -0.4 is 0 Å². The summed E-state index contributed by atoms with van der Waals surface area (Å²) in [7, 11) is 1.81. The molecule has 0 spiro atoms. The van der Waals surface area contributed by atoms with Gasteiger partial charge in [-0.15, -0.1) is 0 Å². The number of carboxylic acid groups (broad SMARTS) is 1. The minimum Gasteiger partial charge on any atom is -0.478 e. The highest BCUT2D eigenvalue weighted by molar-refractivity contribution is 5.88. The maximum absolute atomic E-state index is 13.7. The van der Waals surface area contributed by atoms with Crippen molar-refractivity contribution < 1.29 is 14.3 Å². The van der Waals surface area contributed by atoms with E-state index in [-0.39, 0.29) is 5.56 Å². The van der Waals surface area contributed by atoms with E-state index in [0.717, 1.165) is 24.1 Å². The van der Waals surface area contributed by atoms with Crippen molar-refractivity contribution in [1.29, 1.82) is 0 Å². The molecule has 0 saturated heterocycles. The number of benzene rings is 1. The smallest absolute Gasteiger partial charge is 0.338 e. The van der Waals surface area contributed by atoms with Gasteiger partial charge >= 0.3 is 5.97 Å². The fourth-order valence-electron chi connectivity index (χ4n) is 2.05. The lowest BCUT2D eigenvalue weighted by Gasteiger charge is -2.03. The van der Waals surface area contributed by atoms with Gasteiger partial charge in [-0.05, 0) is 24.1 Å². The van der Waals surface area contributed by atoms with Crippen LogP contribution in [0.3, 0.4) is 0 Å². The van der Waals surface area contributed by atoms with Crippen molar-refractivity contribution in [3.8, 4) is 11.1 Å². The zero-order valence-corrected chi connectivity index (χ0v) is 10.9. The fourth-order valence-corrected chi connectivity index (χ4v) is 2.05. The molecule has 0 saturated carbocycles. The molecule has 0 fully saturated rings. The number of hydrogen-bond acceptors (Lipinski definition) is 2. The second-order valence-corrected chi connectivity index (χ2v) is 4.41. The third-order valence-electron chi connectivity index (χ3n) is 2.90. The van der Waals surface area contributed by atoms with Crippen molar-refractivity contribution in [3.05, 3.63) is 41.5 Å². The molecule has 0 unspecified atom stereocenters. The van der Waals surface area contributed by atoms with E-state index in [9.17, 15) is 9.18 Å². The van der Waals surface area contributed by atoms with Crippen molar-refractivity contribution in [2.75, 3.05) is 0 Å². The van der Waals surface area contributed by atoms with Crippen LogP contribution in [0.2, 0.25) is 0 Å². The van der Waals surface area contributed by atoms with E-state index in [1.807, 2.05) is 20.2 Å². The Morgan fingerprint density at radius 3 is 2.79 bits per heavy atom. The number of carbonyl (C=O) groups is 1. The van der Waals surface area contributed by atoms with Crippen molar-refractivity contribution in [2.45, 2.75) is 19.8 Å². The Morgan fingerprint density at radius 2 is 2.21 bits per heavy atom. The zero-order valence-electron chi connectivity index (χ0n) is 10.9. The van der Waals surface area contributed by atoms with Crippen LogP contribution in [0.15, 0.2) is 24.4 Å². The molecule has 0 aliphatic carbocycles. The number of aromatic nitrogens is 2. The van der Waals surface area contributed by atoms with E-state index >= 15 is 0 Å². The molecule has 1 aromatic heterocycles. The molecule has 0 radical (unpaired) electrons. The summed E-state index contributed by atoms with van der Waals surface area (Å²) in [5.74, 6) is -1.99. The molecule has 0 bridgehead atoms. The summed E-state index contributed by atoms with van der Waals surface area (Å²) >= 11 is 0. The van der Waals surface area contributed by atoms with Gasteiger partial charge in [0.25, 0.3) is 0 Å². The number of carboxylic acids is 1. The summed E-state index contributed by atoms with van der Waals surface area (Å²) in [6.45, 7) is 2.05. The van der Waals surface area contributed by atoms with Crippen LogP contribution in [-0.2, 0) is 13.5 Å². The van der Waals surface area contributed by atoms with Gasteiger partial charge in [0.1, 0.15) is 5.82 Å². The second kappa shape index (κ2) is 5.22. The van der Waals surface area contributed by atoms with E-state index < -0.39 is 11.8 Å². The summed E-state index contributed by atoms with van der Waals surface area (Å²) in [6, 6.07) is 4.15. The van der Waals surface area contributed by atoms with E-state index in [4.69, 9.17) is 5.11 Å². The van der Waals surface area contributed by atoms with Crippen LogP contribution >= 0.6 is 0 Å². The topological polar surface area (TPSA) is 55.1 Å². The first kappa shape index (κ1) is 13.3. The second-order valence-electron chi connectivity index (χ2n) is 4.41. The Bertz CT molecular complexity index is 620. The van der Waals surface area contributed by atoms with Gasteiger partial charge in [-0.25, -0.2) is 9.18 Å². The van der Waals surface area contributed by atoms with E-state index in [2.05, 4.69) is 5.10 Å². The van der Waals surface area contributed by atoms with Crippen LogP contribution in [0, 0.1) is 5.82 Å². The van der Waals surface area contributed by atoms with Gasteiger partial charge < -0.3 is 5.11 Å². The quantitative estimate of drug-likeness (QED) is 0.921. The molecule has 19 heavy (non-hydrogen) atoms. The maximum atomic E-state index is 13.7. The van der Waals surface area contributed by atoms with E-state index in [1.54, 1.807) is 10.7 Å². The van der Waals surface area contributed by atoms with Crippen LogP contribution in [0.1, 0.15) is 29.4 Å². The van der Waals surface area contributed by atoms with Crippen LogP contribution in [0.25, 0.3) is 11.1 Å². The average molecular weight is 262 g/mol. The first-order chi connectivity index (χ1) is 9.02. The molecule has 5 heteroatoms. The molecule has 2 aromatic rings. The summed E-state index contributed by atoms with van der Waals surface area (Å²) in [5, 5.41) is 13.2. The van der Waals surface area contributed by atoms with Crippen molar-refractivity contribution >= 4 is 5.97 Å². The molecule has 1 aromatic carbocycles. The first-order valence-electron chi connectivity index (χ1n) is 6.08. The molecular formula is C14H15FN2O2. The molecule has 4 nitrogen and oxygen atoms in total. The number of nitrogens with zero attached hydrogens (tertiary/aromatic N) is 2. The Labute approximate surface area is 110 Å². The minimum atomic E-state index is -1.26. The fraction of sp³-hybridized carbons (Fsp3) is 0.286. The predicted molar refractivity (Wildman–Crippen MR) is 69.6 cm³/mol. The third kappa shape index (κ3) is 2.65. The number of aryl methyl sites for hydroxylation is 2. The monoisotopic (exact) mass is 262 g/mol. The van der Waals surface area contributed by atoms with Gasteiger partial charge in [0.2, 0.25) is 0 Å². The standard InChI is InChI=1S/C14H15FN2O2/c1-3-4-13-11(8-17(2)16-13)9-5-6-10(14(18)19)12(15)7-9/h5-8H,3-4H2,1-2H3,(H,18,19). The SMILES string of the molecule is CCCc1nn(C)cc1-c1ccc(C(=O)O)c(F)c1. The lowest BCUT2D eigenvalue weighted by Crippen LogP contribution is -2.00. The number of aromatic carboxylic acids is 1. The van der Waals surface area contributed by atoms with Crippen LogP contribution in [0.4, 0.5) is 4.39 Å². The van der Waals surface area contributed by atoms with Crippen LogP contribution in [0.5, 0.6) is 0 Å². The summed E-state index contributed by atoms with van der Waals surface area (Å²) < 4.78 is 15.4. The predicted octanol–water partition coefficient (Wildman–Crippen LogP) is 2.88. The number of hydrogen-bond donors (Lipinski definition) is 1. The summed E-state index contributed by atoms with van der Waals surface area (Å²) in [5.41, 5.74) is 2.08. The highest BCUT2D eigenvalue weighted by Gasteiger charge is 2.14. The molecule has 0 aliphatic heterocycles. The molecular weight excluding hydrogens is 247 g/mol. The molecule has 1 heterocycles. The largest absolute Gasteiger partial charge is 0.478 e. The Kier molecular flexibility index (Phi) is 3.64. The molecule has 0 aliphatic rings. The Morgan fingerprint density at radius 1 is 1.47 bits per heavy atom. The van der Waals surface area contributed by atoms with Gasteiger partial charge in [-0.1, -0.05) is 19.4 Å². The molecule has 0 amide bonds. The van der Waals surface area contributed by atoms with Gasteiger partial charge in [0.15, 0.2) is 0 Å².